The number of rotatable bonds is 7. The quantitative estimate of drug-likeness (QED) is 0.471. The molecule has 1 aliphatic rings. The van der Waals surface area contributed by atoms with Crippen LogP contribution in [0.1, 0.15) is 12.0 Å². The molecule has 0 aliphatic carbocycles. The summed E-state index contributed by atoms with van der Waals surface area (Å²) in [5, 5.41) is 6.66. The number of amides is 2. The molecule has 1 unspecified atom stereocenters. The molecule has 0 saturated carbocycles. The van der Waals surface area contributed by atoms with E-state index in [9.17, 15) is 30.8 Å². The van der Waals surface area contributed by atoms with Crippen molar-refractivity contribution < 1.29 is 30.8 Å². The second kappa shape index (κ2) is 9.00. The molecule has 1 fully saturated rings. The zero-order chi connectivity index (χ0) is 24.7. The summed E-state index contributed by atoms with van der Waals surface area (Å²) < 4.78 is 64.1. The van der Waals surface area contributed by atoms with Gasteiger partial charge in [0.2, 0.25) is 15.9 Å². The van der Waals surface area contributed by atoms with Gasteiger partial charge in [-0.25, -0.2) is 31.3 Å². The van der Waals surface area contributed by atoms with Crippen molar-refractivity contribution in [1.82, 2.24) is 4.31 Å². The summed E-state index contributed by atoms with van der Waals surface area (Å²) >= 11 is 0.965. The number of nitrogens with two attached hydrogens (primary N) is 1. The number of halogens is 1. The maximum atomic E-state index is 13.4. The van der Waals surface area contributed by atoms with Gasteiger partial charge in [-0.05, 0) is 53.4 Å². The van der Waals surface area contributed by atoms with Gasteiger partial charge in [-0.15, -0.1) is 11.3 Å². The molecule has 2 aromatic carbocycles. The Balaban J connectivity index is 1.71. The summed E-state index contributed by atoms with van der Waals surface area (Å²) in [6, 6.07) is 11.5. The third-order valence-corrected chi connectivity index (χ3v) is 9.36. The molecule has 178 valence electrons. The van der Waals surface area contributed by atoms with Crippen LogP contribution in [0.25, 0.3) is 0 Å². The van der Waals surface area contributed by atoms with Crippen molar-refractivity contribution >= 4 is 48.9 Å². The first-order valence-corrected chi connectivity index (χ1v) is 13.6. The normalized spacial score (nSPS) is 17.0. The number of primary sulfonamides is 1. The summed E-state index contributed by atoms with van der Waals surface area (Å²) in [6.45, 7) is -0.262. The number of imide groups is 1. The lowest BCUT2D eigenvalue weighted by molar-refractivity contribution is -0.122. The van der Waals surface area contributed by atoms with Crippen molar-refractivity contribution in [3.8, 4) is 0 Å². The largest absolute Gasteiger partial charge is 0.274 e. The van der Waals surface area contributed by atoms with E-state index in [4.69, 9.17) is 5.14 Å². The van der Waals surface area contributed by atoms with E-state index < -0.39 is 50.1 Å². The number of sulfonamides is 2. The van der Waals surface area contributed by atoms with Gasteiger partial charge in [-0.2, -0.15) is 4.31 Å². The second-order valence-electron chi connectivity index (χ2n) is 7.44. The number of carbonyl (C=O) groups is 2. The van der Waals surface area contributed by atoms with Gasteiger partial charge in [-0.1, -0.05) is 18.2 Å². The average molecular weight is 524 g/mol. The van der Waals surface area contributed by atoms with E-state index in [2.05, 4.69) is 0 Å². The van der Waals surface area contributed by atoms with Crippen LogP contribution in [0, 0.1) is 5.82 Å². The van der Waals surface area contributed by atoms with E-state index >= 15 is 0 Å². The number of anilines is 1. The van der Waals surface area contributed by atoms with Gasteiger partial charge in [0, 0.05) is 6.54 Å². The van der Waals surface area contributed by atoms with Gasteiger partial charge in [0.25, 0.3) is 15.9 Å². The van der Waals surface area contributed by atoms with Crippen LogP contribution in [-0.4, -0.2) is 39.0 Å². The average Bonchev–Trinajstić information content (AvgIpc) is 3.42. The van der Waals surface area contributed by atoms with Gasteiger partial charge in [0.05, 0.1) is 17.0 Å². The third-order valence-electron chi connectivity index (χ3n) is 5.20. The summed E-state index contributed by atoms with van der Waals surface area (Å²) in [4.78, 5) is 26.7. The molecule has 0 radical (unpaired) electrons. The molecular weight excluding hydrogens is 505 g/mol. The number of nitrogens with zero attached hydrogens (tertiary/aromatic N) is 2. The van der Waals surface area contributed by atoms with Gasteiger partial charge in [-0.3, -0.25) is 9.59 Å². The van der Waals surface area contributed by atoms with Crippen LogP contribution in [0.5, 0.6) is 0 Å². The lowest BCUT2D eigenvalue weighted by Gasteiger charge is -2.26. The summed E-state index contributed by atoms with van der Waals surface area (Å²) in [5.74, 6) is -1.93. The summed E-state index contributed by atoms with van der Waals surface area (Å²) in [6.07, 6.45) is -0.415. The van der Waals surface area contributed by atoms with Gasteiger partial charge < -0.3 is 0 Å². The molecule has 1 saturated heterocycles. The molecule has 13 heteroatoms. The monoisotopic (exact) mass is 523 g/mol. The minimum Gasteiger partial charge on any atom is -0.274 e. The third kappa shape index (κ3) is 4.65. The molecular formula is C21H18FN3O6S3. The molecule has 0 bridgehead atoms. The standard InChI is InChI=1S/C21H18FN3O6S3/c22-15-5-3-14(4-6-15)13-24(34(30,31)20-2-1-11-32-20)18-12-19(26)25(21(18)27)16-7-9-17(10-8-16)33(23,28)29/h1-11,18H,12-13H2,(H2,23,28,29). The maximum Gasteiger partial charge on any atom is 0.253 e. The van der Waals surface area contributed by atoms with Gasteiger partial charge >= 0.3 is 0 Å². The highest BCUT2D eigenvalue weighted by molar-refractivity contribution is 7.91. The molecule has 4 rings (SSSR count). The van der Waals surface area contributed by atoms with Crippen molar-refractivity contribution in [1.29, 1.82) is 0 Å². The van der Waals surface area contributed by atoms with Crippen molar-refractivity contribution in [2.45, 2.75) is 28.1 Å². The fraction of sp³-hybridized carbons (Fsp3) is 0.143. The Bertz CT molecular complexity index is 1440. The maximum absolute atomic E-state index is 13.4. The number of thiophene rings is 1. The zero-order valence-electron chi connectivity index (χ0n) is 17.4. The van der Waals surface area contributed by atoms with E-state index in [1.807, 2.05) is 0 Å². The van der Waals surface area contributed by atoms with E-state index in [1.54, 1.807) is 11.4 Å². The highest BCUT2D eigenvalue weighted by Gasteiger charge is 2.47. The van der Waals surface area contributed by atoms with E-state index in [0.29, 0.717) is 5.56 Å². The second-order valence-corrected chi connectivity index (χ2v) is 12.1. The Morgan fingerprint density at radius 1 is 1.00 bits per heavy atom. The summed E-state index contributed by atoms with van der Waals surface area (Å²) in [7, 11) is -8.15. The van der Waals surface area contributed by atoms with Gasteiger partial charge in [0.15, 0.2) is 0 Å². The minimum absolute atomic E-state index is 0.00850. The SMILES string of the molecule is NS(=O)(=O)c1ccc(N2C(=O)CC(N(Cc3ccc(F)cc3)S(=O)(=O)c3cccs3)C2=O)cc1. The number of carbonyl (C=O) groups excluding carboxylic acids is 2. The molecule has 2 heterocycles. The van der Waals surface area contributed by atoms with Crippen molar-refractivity contribution in [2.24, 2.45) is 5.14 Å². The van der Waals surface area contributed by atoms with E-state index in [-0.39, 0.29) is 21.3 Å². The van der Waals surface area contributed by atoms with Gasteiger partial charge in [0.1, 0.15) is 16.1 Å². The Hall–Kier alpha value is -2.97. The van der Waals surface area contributed by atoms with E-state index in [1.165, 1.54) is 42.5 Å². The molecule has 1 atom stereocenters. The molecule has 3 aromatic rings. The molecule has 34 heavy (non-hydrogen) atoms. The lowest BCUT2D eigenvalue weighted by Crippen LogP contribution is -2.44. The fourth-order valence-electron chi connectivity index (χ4n) is 3.56. The Morgan fingerprint density at radius 3 is 2.21 bits per heavy atom. The summed E-state index contributed by atoms with van der Waals surface area (Å²) in [5.41, 5.74) is 0.512. The van der Waals surface area contributed by atoms with Crippen molar-refractivity contribution in [3.05, 3.63) is 77.4 Å². The molecule has 1 aliphatic heterocycles. The number of benzene rings is 2. The molecule has 0 spiro atoms. The molecule has 9 nitrogen and oxygen atoms in total. The van der Waals surface area contributed by atoms with Crippen LogP contribution in [0.2, 0.25) is 0 Å². The Kier molecular flexibility index (Phi) is 6.40. The van der Waals surface area contributed by atoms with Crippen LogP contribution in [0.3, 0.4) is 0 Å². The zero-order valence-corrected chi connectivity index (χ0v) is 19.8. The lowest BCUT2D eigenvalue weighted by atomic mass is 10.2. The van der Waals surface area contributed by atoms with Crippen LogP contribution in [0.15, 0.2) is 75.1 Å². The highest BCUT2D eigenvalue weighted by Crippen LogP contribution is 2.32. The van der Waals surface area contributed by atoms with E-state index in [0.717, 1.165) is 32.7 Å². The predicted molar refractivity (Wildman–Crippen MR) is 122 cm³/mol. The first-order chi connectivity index (χ1) is 16.0. The van der Waals surface area contributed by atoms with Crippen molar-refractivity contribution in [2.75, 3.05) is 4.90 Å². The predicted octanol–water partition coefficient (Wildman–Crippen LogP) is 2.06. The molecule has 1 aromatic heterocycles. The molecule has 2 N–H and O–H groups in total. The Morgan fingerprint density at radius 2 is 1.65 bits per heavy atom. The van der Waals surface area contributed by atoms with Crippen molar-refractivity contribution in [3.63, 3.8) is 0 Å². The Labute approximate surface area is 199 Å². The fourth-order valence-corrected chi connectivity index (χ4v) is 6.76. The van der Waals surface area contributed by atoms with Crippen LogP contribution in [-0.2, 0) is 36.2 Å². The topological polar surface area (TPSA) is 135 Å². The first kappa shape index (κ1) is 24.2. The number of hydrogen-bond acceptors (Lipinski definition) is 7. The smallest absolute Gasteiger partial charge is 0.253 e. The highest BCUT2D eigenvalue weighted by atomic mass is 32.2. The van der Waals surface area contributed by atoms with Crippen LogP contribution in [0.4, 0.5) is 10.1 Å². The minimum atomic E-state index is -4.17. The van der Waals surface area contributed by atoms with Crippen LogP contribution < -0.4 is 10.0 Å². The molecule has 2 amide bonds. The first-order valence-electron chi connectivity index (χ1n) is 9.78. The van der Waals surface area contributed by atoms with Crippen LogP contribution >= 0.6 is 11.3 Å². The number of hydrogen-bond donors (Lipinski definition) is 1.